The lowest BCUT2D eigenvalue weighted by molar-refractivity contribution is -0.133. The summed E-state index contributed by atoms with van der Waals surface area (Å²) >= 11 is 1.27. The Balaban J connectivity index is 1.68. The maximum absolute atomic E-state index is 11.9. The maximum Gasteiger partial charge on any atom is 0.313 e. The average Bonchev–Trinajstić information content (AvgIpc) is 3.06. The van der Waals surface area contributed by atoms with Crippen LogP contribution < -0.4 is 10.1 Å². The molecule has 0 aliphatic carbocycles. The van der Waals surface area contributed by atoms with Crippen LogP contribution in [0.5, 0.6) is 5.75 Å². The van der Waals surface area contributed by atoms with E-state index in [0.717, 1.165) is 19.4 Å². The number of aliphatic carboxylic acids is 1. The Kier molecular flexibility index (Phi) is 7.22. The molecule has 1 fully saturated rings. The SMILES string of the molecule is O=C(O)CSCCNC(=O)c1ccc(OCC2CCCO2)cc1. The summed E-state index contributed by atoms with van der Waals surface area (Å²) in [5.74, 6) is 0.313. The highest BCUT2D eigenvalue weighted by Crippen LogP contribution is 2.16. The number of carboxylic acid groups (broad SMARTS) is 1. The summed E-state index contributed by atoms with van der Waals surface area (Å²) < 4.78 is 11.1. The van der Waals surface area contributed by atoms with Gasteiger partial charge in [0.2, 0.25) is 0 Å². The zero-order valence-corrected chi connectivity index (χ0v) is 13.6. The van der Waals surface area contributed by atoms with Crippen LogP contribution in [0.2, 0.25) is 0 Å². The lowest BCUT2D eigenvalue weighted by atomic mass is 10.2. The second-order valence-electron chi connectivity index (χ2n) is 5.17. The molecule has 0 saturated carbocycles. The highest BCUT2D eigenvalue weighted by molar-refractivity contribution is 7.99. The van der Waals surface area contributed by atoms with Gasteiger partial charge in [0, 0.05) is 24.5 Å². The van der Waals surface area contributed by atoms with Crippen molar-refractivity contribution < 1.29 is 24.2 Å². The fourth-order valence-electron chi connectivity index (χ4n) is 2.17. The van der Waals surface area contributed by atoms with Crippen LogP contribution >= 0.6 is 11.8 Å². The summed E-state index contributed by atoms with van der Waals surface area (Å²) in [6.07, 6.45) is 2.28. The van der Waals surface area contributed by atoms with Crippen LogP contribution in [-0.2, 0) is 9.53 Å². The molecular weight excluding hydrogens is 318 g/mol. The Morgan fingerprint density at radius 3 is 2.78 bits per heavy atom. The molecule has 23 heavy (non-hydrogen) atoms. The van der Waals surface area contributed by atoms with E-state index in [4.69, 9.17) is 14.6 Å². The van der Waals surface area contributed by atoms with Gasteiger partial charge in [-0.25, -0.2) is 0 Å². The number of thioether (sulfide) groups is 1. The number of benzene rings is 1. The van der Waals surface area contributed by atoms with Crippen molar-refractivity contribution in [3.63, 3.8) is 0 Å². The van der Waals surface area contributed by atoms with Gasteiger partial charge in [-0.05, 0) is 37.1 Å². The Morgan fingerprint density at radius 1 is 1.35 bits per heavy atom. The van der Waals surface area contributed by atoms with Crippen molar-refractivity contribution in [1.29, 1.82) is 0 Å². The van der Waals surface area contributed by atoms with E-state index < -0.39 is 5.97 Å². The normalized spacial score (nSPS) is 17.0. The molecule has 0 radical (unpaired) electrons. The first-order valence-corrected chi connectivity index (χ1v) is 8.73. The molecule has 0 spiro atoms. The second-order valence-corrected chi connectivity index (χ2v) is 6.28. The van der Waals surface area contributed by atoms with Gasteiger partial charge in [0.05, 0.1) is 11.9 Å². The lowest BCUT2D eigenvalue weighted by Crippen LogP contribution is -2.26. The Morgan fingerprint density at radius 2 is 2.13 bits per heavy atom. The molecule has 1 aromatic rings. The first kappa shape index (κ1) is 17.6. The number of nitrogens with one attached hydrogen (secondary N) is 1. The minimum absolute atomic E-state index is 0.0482. The van der Waals surface area contributed by atoms with E-state index in [1.54, 1.807) is 24.3 Å². The molecule has 2 N–H and O–H groups in total. The van der Waals surface area contributed by atoms with Gasteiger partial charge >= 0.3 is 5.97 Å². The summed E-state index contributed by atoms with van der Waals surface area (Å²) in [6.45, 7) is 1.78. The molecular formula is C16H21NO5S. The van der Waals surface area contributed by atoms with Gasteiger partial charge < -0.3 is 19.9 Å². The molecule has 126 valence electrons. The summed E-state index contributed by atoms with van der Waals surface area (Å²) in [7, 11) is 0. The fraction of sp³-hybridized carbons (Fsp3) is 0.500. The van der Waals surface area contributed by atoms with Crippen LogP contribution in [0.3, 0.4) is 0 Å². The molecule has 2 rings (SSSR count). The third kappa shape index (κ3) is 6.50. The van der Waals surface area contributed by atoms with Crippen LogP contribution in [0.25, 0.3) is 0 Å². The molecule has 1 amide bonds. The Hall–Kier alpha value is -1.73. The number of carbonyl (C=O) groups excluding carboxylic acids is 1. The first-order valence-electron chi connectivity index (χ1n) is 7.57. The highest BCUT2D eigenvalue weighted by Gasteiger charge is 2.16. The van der Waals surface area contributed by atoms with Crippen LogP contribution in [0, 0.1) is 0 Å². The quantitative estimate of drug-likeness (QED) is 0.667. The fourth-order valence-corrected chi connectivity index (χ4v) is 2.73. The molecule has 7 heteroatoms. The van der Waals surface area contributed by atoms with Crippen LogP contribution in [0.1, 0.15) is 23.2 Å². The highest BCUT2D eigenvalue weighted by atomic mass is 32.2. The van der Waals surface area contributed by atoms with Gasteiger partial charge in [0.15, 0.2) is 0 Å². The molecule has 1 aromatic carbocycles. The molecule has 0 bridgehead atoms. The van der Waals surface area contributed by atoms with E-state index in [1.165, 1.54) is 11.8 Å². The van der Waals surface area contributed by atoms with Gasteiger partial charge in [-0.1, -0.05) is 0 Å². The number of rotatable bonds is 9. The monoisotopic (exact) mass is 339 g/mol. The number of hydrogen-bond acceptors (Lipinski definition) is 5. The maximum atomic E-state index is 11.9. The summed E-state index contributed by atoms with van der Waals surface area (Å²) in [5, 5.41) is 11.3. The third-order valence-electron chi connectivity index (χ3n) is 3.33. The standard InChI is InChI=1S/C16H21NO5S/c18-15(19)11-23-9-7-17-16(20)12-3-5-13(6-4-12)22-10-14-2-1-8-21-14/h3-6,14H,1-2,7-11H2,(H,17,20)(H,18,19). The summed E-state index contributed by atoms with van der Waals surface area (Å²) in [6, 6.07) is 6.96. The minimum Gasteiger partial charge on any atom is -0.491 e. The van der Waals surface area contributed by atoms with E-state index in [1.807, 2.05) is 0 Å². The second kappa shape index (κ2) is 9.42. The van der Waals surface area contributed by atoms with Crippen molar-refractivity contribution in [2.45, 2.75) is 18.9 Å². The van der Waals surface area contributed by atoms with Crippen LogP contribution in [-0.4, -0.2) is 54.4 Å². The molecule has 1 aliphatic rings. The Bertz CT molecular complexity index is 514. The number of carbonyl (C=O) groups is 2. The van der Waals surface area contributed by atoms with Crippen molar-refractivity contribution in [2.75, 3.05) is 31.3 Å². The van der Waals surface area contributed by atoms with Gasteiger partial charge in [-0.15, -0.1) is 11.8 Å². The van der Waals surface area contributed by atoms with E-state index >= 15 is 0 Å². The van der Waals surface area contributed by atoms with Crippen molar-refractivity contribution in [3.05, 3.63) is 29.8 Å². The molecule has 1 saturated heterocycles. The number of carboxylic acids is 1. The van der Waals surface area contributed by atoms with Crippen LogP contribution in [0.15, 0.2) is 24.3 Å². The predicted octanol–water partition coefficient (Wildman–Crippen LogP) is 1.79. The minimum atomic E-state index is -0.847. The molecule has 0 aromatic heterocycles. The largest absolute Gasteiger partial charge is 0.491 e. The van der Waals surface area contributed by atoms with Gasteiger partial charge in [-0.2, -0.15) is 0 Å². The van der Waals surface area contributed by atoms with E-state index in [0.29, 0.717) is 30.2 Å². The van der Waals surface area contributed by atoms with Crippen molar-refractivity contribution in [1.82, 2.24) is 5.32 Å². The molecule has 6 nitrogen and oxygen atoms in total. The van der Waals surface area contributed by atoms with Crippen molar-refractivity contribution in [2.24, 2.45) is 0 Å². The number of ether oxygens (including phenoxy) is 2. The predicted molar refractivity (Wildman–Crippen MR) is 88.2 cm³/mol. The lowest BCUT2D eigenvalue weighted by Gasteiger charge is -2.11. The van der Waals surface area contributed by atoms with E-state index in [9.17, 15) is 9.59 Å². The van der Waals surface area contributed by atoms with Gasteiger partial charge in [0.1, 0.15) is 12.4 Å². The van der Waals surface area contributed by atoms with Gasteiger partial charge in [-0.3, -0.25) is 9.59 Å². The van der Waals surface area contributed by atoms with Crippen molar-refractivity contribution in [3.8, 4) is 5.75 Å². The Labute approximate surface area is 139 Å². The van der Waals surface area contributed by atoms with Crippen molar-refractivity contribution >= 4 is 23.6 Å². The number of hydrogen-bond donors (Lipinski definition) is 2. The zero-order valence-electron chi connectivity index (χ0n) is 12.8. The molecule has 1 aliphatic heterocycles. The third-order valence-corrected chi connectivity index (χ3v) is 4.28. The smallest absolute Gasteiger partial charge is 0.313 e. The zero-order chi connectivity index (χ0) is 16.5. The van der Waals surface area contributed by atoms with Gasteiger partial charge in [0.25, 0.3) is 5.91 Å². The average molecular weight is 339 g/mol. The first-order chi connectivity index (χ1) is 11.1. The van der Waals surface area contributed by atoms with E-state index in [2.05, 4.69) is 5.32 Å². The van der Waals surface area contributed by atoms with E-state index in [-0.39, 0.29) is 17.8 Å². The molecule has 1 unspecified atom stereocenters. The molecule has 1 heterocycles. The summed E-state index contributed by atoms with van der Waals surface area (Å²) in [5.41, 5.74) is 0.553. The van der Waals surface area contributed by atoms with Crippen LogP contribution in [0.4, 0.5) is 0 Å². The summed E-state index contributed by atoms with van der Waals surface area (Å²) in [4.78, 5) is 22.3. The topological polar surface area (TPSA) is 84.9 Å². The molecule has 1 atom stereocenters. The number of amides is 1.